The van der Waals surface area contributed by atoms with Crippen molar-refractivity contribution in [2.45, 2.75) is 45.4 Å². The first-order chi connectivity index (χ1) is 11.8. The van der Waals surface area contributed by atoms with Crippen LogP contribution in [0.25, 0.3) is 0 Å². The number of rotatable bonds is 7. The van der Waals surface area contributed by atoms with Crippen molar-refractivity contribution in [3.63, 3.8) is 0 Å². The maximum atomic E-state index is 12.4. The Balaban J connectivity index is 0.00000225. The maximum Gasteiger partial charge on any atom is 0.338 e. The van der Waals surface area contributed by atoms with Crippen LogP contribution in [0, 0.1) is 0 Å². The van der Waals surface area contributed by atoms with Crippen molar-refractivity contribution in [2.75, 3.05) is 6.61 Å². The third-order valence-corrected chi connectivity index (χ3v) is 4.39. The summed E-state index contributed by atoms with van der Waals surface area (Å²) in [6, 6.07) is 13.5. The van der Waals surface area contributed by atoms with Gasteiger partial charge in [-0.3, -0.25) is 0 Å². The molecule has 0 unspecified atom stereocenters. The summed E-state index contributed by atoms with van der Waals surface area (Å²) in [7, 11) is 0. The zero-order valence-corrected chi connectivity index (χ0v) is 17.9. The van der Waals surface area contributed by atoms with Crippen molar-refractivity contribution in [1.82, 2.24) is 0 Å². The largest absolute Gasteiger partial charge is 0.462 e. The van der Waals surface area contributed by atoms with E-state index in [1.54, 1.807) is 0 Å². The second-order valence-corrected chi connectivity index (χ2v) is 6.22. The average Bonchev–Trinajstić information content (AvgIpc) is 2.62. The smallest absolute Gasteiger partial charge is 0.338 e. The molecule has 0 aromatic heterocycles. The molecule has 2 aromatic rings. The molecule has 0 saturated carbocycles. The molecule has 1 aliphatic heterocycles. The quantitative estimate of drug-likeness (QED) is 0.304. The van der Waals surface area contributed by atoms with Gasteiger partial charge in [-0.25, -0.2) is 4.79 Å². The van der Waals surface area contributed by atoms with E-state index in [1.807, 2.05) is 42.5 Å². The predicted molar refractivity (Wildman–Crippen MR) is 94.8 cm³/mol. The van der Waals surface area contributed by atoms with Gasteiger partial charge in [0.2, 0.25) is 0 Å². The molecule has 3 nitrogen and oxygen atoms in total. The third kappa shape index (κ3) is 4.92. The molecule has 1 heterocycles. The molecule has 0 fully saturated rings. The van der Waals surface area contributed by atoms with Gasteiger partial charge in [0.1, 0.15) is 11.5 Å². The molecular formula is C21H24O3Zn. The van der Waals surface area contributed by atoms with Crippen LogP contribution in [0.4, 0.5) is 0 Å². The van der Waals surface area contributed by atoms with Gasteiger partial charge in [-0.1, -0.05) is 56.9 Å². The Morgan fingerprint density at radius 2 is 1.76 bits per heavy atom. The summed E-state index contributed by atoms with van der Waals surface area (Å²) in [5, 5.41) is 0. The predicted octanol–water partition coefficient (Wildman–Crippen LogP) is 5.51. The van der Waals surface area contributed by atoms with Gasteiger partial charge >= 0.3 is 5.97 Å². The van der Waals surface area contributed by atoms with Crippen molar-refractivity contribution >= 4 is 5.97 Å². The molecule has 2 aromatic carbocycles. The zero-order chi connectivity index (χ0) is 16.8. The molecule has 1 aliphatic rings. The van der Waals surface area contributed by atoms with Crippen molar-refractivity contribution in [2.24, 2.45) is 0 Å². The van der Waals surface area contributed by atoms with E-state index in [4.69, 9.17) is 9.47 Å². The molecule has 25 heavy (non-hydrogen) atoms. The van der Waals surface area contributed by atoms with E-state index in [2.05, 4.69) is 6.92 Å². The van der Waals surface area contributed by atoms with Crippen LogP contribution in [0.1, 0.15) is 60.5 Å². The summed E-state index contributed by atoms with van der Waals surface area (Å²) in [6.45, 7) is 2.68. The zero-order valence-electron chi connectivity index (χ0n) is 14.9. The first kappa shape index (κ1) is 19.7. The molecule has 0 bridgehead atoms. The van der Waals surface area contributed by atoms with Crippen molar-refractivity contribution in [3.05, 3.63) is 59.2 Å². The Kier molecular flexibility index (Phi) is 7.64. The van der Waals surface area contributed by atoms with Gasteiger partial charge < -0.3 is 9.47 Å². The Labute approximate surface area is 162 Å². The van der Waals surface area contributed by atoms with Crippen LogP contribution in [-0.4, -0.2) is 12.6 Å². The topological polar surface area (TPSA) is 35.5 Å². The molecule has 128 valence electrons. The fraction of sp³-hybridized carbons (Fsp3) is 0.381. The van der Waals surface area contributed by atoms with Crippen LogP contribution < -0.4 is 4.74 Å². The number of hydrogen-bond acceptors (Lipinski definition) is 3. The molecule has 3 rings (SSSR count). The summed E-state index contributed by atoms with van der Waals surface area (Å²) in [5.74, 6) is 1.38. The van der Waals surface area contributed by atoms with Gasteiger partial charge in [-0.15, -0.1) is 0 Å². The summed E-state index contributed by atoms with van der Waals surface area (Å²) in [6.07, 6.45) is 6.42. The van der Waals surface area contributed by atoms with Crippen molar-refractivity contribution < 1.29 is 33.7 Å². The minimum Gasteiger partial charge on any atom is -0.462 e. The Bertz CT molecular complexity index is 712. The van der Waals surface area contributed by atoms with Gasteiger partial charge in [0, 0.05) is 31.5 Å². The standard InChI is InChI=1S/C21H24O3.Zn/c1-2-3-4-5-8-14-23-21(22)17-11-9-13-20-18(17)15-16-10-6-7-12-19(16)24-20;/h6-7,9-13H,2-5,8,14-15H2,1H3;. The second-order valence-electron chi connectivity index (χ2n) is 6.22. The molecule has 0 atom stereocenters. The van der Waals surface area contributed by atoms with E-state index in [0.717, 1.165) is 35.5 Å². The average molecular weight is 390 g/mol. The number of unbranched alkanes of at least 4 members (excludes halogenated alkanes) is 4. The van der Waals surface area contributed by atoms with Gasteiger partial charge in [-0.2, -0.15) is 0 Å². The molecule has 0 saturated heterocycles. The van der Waals surface area contributed by atoms with Crippen LogP contribution in [0.2, 0.25) is 0 Å². The maximum absolute atomic E-state index is 12.4. The number of para-hydroxylation sites is 1. The first-order valence-corrected chi connectivity index (χ1v) is 8.84. The minimum atomic E-state index is -0.245. The molecule has 0 aliphatic carbocycles. The van der Waals surface area contributed by atoms with E-state index in [-0.39, 0.29) is 25.4 Å². The molecule has 4 heteroatoms. The van der Waals surface area contributed by atoms with Gasteiger partial charge in [0.15, 0.2) is 0 Å². The second kappa shape index (κ2) is 9.72. The van der Waals surface area contributed by atoms with Crippen LogP contribution >= 0.6 is 0 Å². The van der Waals surface area contributed by atoms with Gasteiger partial charge in [-0.05, 0) is 30.2 Å². The number of hydrogen-bond donors (Lipinski definition) is 0. The normalized spacial score (nSPS) is 11.6. The summed E-state index contributed by atoms with van der Waals surface area (Å²) < 4.78 is 11.4. The third-order valence-electron chi connectivity index (χ3n) is 4.39. The Hall–Kier alpha value is -1.67. The van der Waals surface area contributed by atoms with E-state index >= 15 is 0 Å². The first-order valence-electron chi connectivity index (χ1n) is 8.84. The van der Waals surface area contributed by atoms with E-state index in [0.29, 0.717) is 18.6 Å². The number of esters is 1. The number of carbonyl (C=O) groups is 1. The van der Waals surface area contributed by atoms with Crippen molar-refractivity contribution in [1.29, 1.82) is 0 Å². The molecule has 0 amide bonds. The van der Waals surface area contributed by atoms with Crippen LogP contribution in [0.15, 0.2) is 42.5 Å². The fourth-order valence-electron chi connectivity index (χ4n) is 3.04. The summed E-state index contributed by atoms with van der Waals surface area (Å²) in [4.78, 5) is 12.4. The van der Waals surface area contributed by atoms with E-state index < -0.39 is 0 Å². The Morgan fingerprint density at radius 3 is 2.60 bits per heavy atom. The van der Waals surface area contributed by atoms with Crippen LogP contribution in [0.5, 0.6) is 11.5 Å². The van der Waals surface area contributed by atoms with Gasteiger partial charge in [0.25, 0.3) is 0 Å². The van der Waals surface area contributed by atoms with Crippen molar-refractivity contribution in [3.8, 4) is 11.5 Å². The number of benzene rings is 2. The molecular weight excluding hydrogens is 366 g/mol. The molecule has 0 spiro atoms. The minimum absolute atomic E-state index is 0. The number of carbonyl (C=O) groups excluding carboxylic acids is 1. The monoisotopic (exact) mass is 388 g/mol. The Morgan fingerprint density at radius 1 is 1.00 bits per heavy atom. The number of fused-ring (bicyclic) bond motifs is 2. The molecule has 0 radical (unpaired) electrons. The number of ether oxygens (including phenoxy) is 2. The summed E-state index contributed by atoms with van der Waals surface area (Å²) >= 11 is 0. The summed E-state index contributed by atoms with van der Waals surface area (Å²) in [5.41, 5.74) is 2.65. The van der Waals surface area contributed by atoms with E-state index in [1.165, 1.54) is 19.3 Å². The molecule has 0 N–H and O–H groups in total. The fourth-order valence-corrected chi connectivity index (χ4v) is 3.04. The van der Waals surface area contributed by atoms with Crippen LogP contribution in [-0.2, 0) is 30.6 Å². The van der Waals surface area contributed by atoms with E-state index in [9.17, 15) is 4.79 Å². The van der Waals surface area contributed by atoms with Gasteiger partial charge in [0.05, 0.1) is 12.2 Å². The van der Waals surface area contributed by atoms with Crippen LogP contribution in [0.3, 0.4) is 0 Å². The SMILES string of the molecule is CCCCCCCOC(=O)c1cccc2c1Cc1ccccc1O2.[Zn].